The number of benzene rings is 1. The fourth-order valence-electron chi connectivity index (χ4n) is 2.19. The summed E-state index contributed by atoms with van der Waals surface area (Å²) in [6, 6.07) is 10.9. The molecule has 1 aromatic carbocycles. The van der Waals surface area contributed by atoms with E-state index in [2.05, 4.69) is 6.07 Å². The molecule has 21 heavy (non-hydrogen) atoms. The average molecular weight is 283 g/mol. The van der Waals surface area contributed by atoms with E-state index in [1.807, 2.05) is 19.9 Å². The van der Waals surface area contributed by atoms with Gasteiger partial charge in [-0.15, -0.1) is 0 Å². The Bertz CT molecular complexity index is 694. The number of nitriles is 1. The lowest BCUT2D eigenvalue weighted by Crippen LogP contribution is -2.12. The van der Waals surface area contributed by atoms with Gasteiger partial charge in [-0.2, -0.15) is 5.26 Å². The molecular weight excluding hydrogens is 266 g/mol. The summed E-state index contributed by atoms with van der Waals surface area (Å²) in [4.78, 5) is 12.5. The summed E-state index contributed by atoms with van der Waals surface area (Å²) in [6.45, 7) is 3.85. The Labute approximate surface area is 124 Å². The van der Waals surface area contributed by atoms with Crippen LogP contribution in [0.4, 0.5) is 0 Å². The van der Waals surface area contributed by atoms with Gasteiger partial charge in [0.1, 0.15) is 17.4 Å². The summed E-state index contributed by atoms with van der Waals surface area (Å²) in [6.07, 6.45) is 0.707. The maximum Gasteiger partial charge on any atom is 0.219 e. The van der Waals surface area contributed by atoms with E-state index in [0.717, 1.165) is 11.3 Å². The normalized spacial score (nSPS) is 11.7. The van der Waals surface area contributed by atoms with Gasteiger partial charge in [-0.05, 0) is 25.1 Å². The van der Waals surface area contributed by atoms with Crippen molar-refractivity contribution in [2.45, 2.75) is 26.2 Å². The molecule has 0 fully saturated rings. The number of carbonyl (C=O) groups excluding carboxylic acids is 1. The van der Waals surface area contributed by atoms with Crippen molar-refractivity contribution in [3.8, 4) is 11.8 Å². The van der Waals surface area contributed by atoms with Crippen LogP contribution in [0.3, 0.4) is 0 Å². The van der Waals surface area contributed by atoms with Crippen LogP contribution < -0.4 is 4.74 Å². The summed E-state index contributed by atoms with van der Waals surface area (Å²) in [5.74, 6) is 0.188. The van der Waals surface area contributed by atoms with Gasteiger partial charge in [0.05, 0.1) is 13.2 Å². The summed E-state index contributed by atoms with van der Waals surface area (Å²) >= 11 is 0. The lowest BCUT2D eigenvalue weighted by Gasteiger charge is -2.12. The predicted octanol–water partition coefficient (Wildman–Crippen LogP) is 3.65. The fourth-order valence-corrected chi connectivity index (χ4v) is 2.19. The first kappa shape index (κ1) is 14.9. The lowest BCUT2D eigenvalue weighted by atomic mass is 9.92. The molecule has 2 rings (SSSR count). The van der Waals surface area contributed by atoms with Crippen LogP contribution in [-0.4, -0.2) is 12.9 Å². The van der Waals surface area contributed by atoms with Crippen LogP contribution in [0.1, 0.15) is 40.3 Å². The Kier molecular flexibility index (Phi) is 4.44. The number of nitrogens with zero attached hydrogens (tertiary/aromatic N) is 1. The number of aryl methyl sites for hydroxylation is 2. The summed E-state index contributed by atoms with van der Waals surface area (Å²) in [5, 5.41) is 9.42. The highest BCUT2D eigenvalue weighted by atomic mass is 16.5. The lowest BCUT2D eigenvalue weighted by molar-refractivity contribution is 0.0949. The summed E-state index contributed by atoms with van der Waals surface area (Å²) in [5.41, 5.74) is 1.53. The average Bonchev–Trinajstić information content (AvgIpc) is 2.97. The molecule has 0 saturated heterocycles. The monoisotopic (exact) mass is 283 g/mol. The van der Waals surface area contributed by atoms with E-state index in [0.29, 0.717) is 17.7 Å². The van der Waals surface area contributed by atoms with Crippen molar-refractivity contribution in [2.75, 3.05) is 7.11 Å². The minimum Gasteiger partial charge on any atom is -0.496 e. The fraction of sp³-hybridized carbons (Fsp3) is 0.294. The van der Waals surface area contributed by atoms with E-state index in [1.54, 1.807) is 24.3 Å². The van der Waals surface area contributed by atoms with Crippen LogP contribution in [-0.2, 0) is 6.42 Å². The van der Waals surface area contributed by atoms with E-state index in [9.17, 15) is 10.1 Å². The Hall–Kier alpha value is -2.54. The smallest absolute Gasteiger partial charge is 0.219 e. The minimum atomic E-state index is -0.935. The Morgan fingerprint density at radius 2 is 2.14 bits per heavy atom. The molecule has 1 heterocycles. The Morgan fingerprint density at radius 1 is 1.38 bits per heavy atom. The maximum atomic E-state index is 12.5. The molecule has 1 unspecified atom stereocenters. The van der Waals surface area contributed by atoms with E-state index < -0.39 is 5.92 Å². The quantitative estimate of drug-likeness (QED) is 0.786. The molecule has 2 aromatic rings. The number of carbonyl (C=O) groups is 1. The van der Waals surface area contributed by atoms with E-state index in [1.165, 1.54) is 7.11 Å². The van der Waals surface area contributed by atoms with Crippen molar-refractivity contribution >= 4 is 5.78 Å². The Balaban J connectivity index is 2.42. The third-order valence-corrected chi connectivity index (χ3v) is 3.34. The highest BCUT2D eigenvalue weighted by Crippen LogP contribution is 2.30. The SMILES string of the molecule is CCc1ccc(C(=O)C(C#N)c2cc(C)ccc2OC)o1. The molecule has 0 aliphatic heterocycles. The molecule has 0 radical (unpaired) electrons. The number of hydrogen-bond donors (Lipinski definition) is 0. The van der Waals surface area contributed by atoms with Crippen LogP contribution in [0.15, 0.2) is 34.7 Å². The maximum absolute atomic E-state index is 12.5. The molecule has 4 nitrogen and oxygen atoms in total. The molecule has 0 N–H and O–H groups in total. The van der Waals surface area contributed by atoms with E-state index in [-0.39, 0.29) is 11.5 Å². The second-order valence-electron chi connectivity index (χ2n) is 4.79. The van der Waals surface area contributed by atoms with Crippen LogP contribution in [0, 0.1) is 18.3 Å². The molecule has 4 heteroatoms. The topological polar surface area (TPSA) is 63.2 Å². The highest BCUT2D eigenvalue weighted by molar-refractivity contribution is 6.01. The standard InChI is InChI=1S/C17H17NO3/c1-4-12-6-8-16(21-12)17(19)14(10-18)13-9-11(2)5-7-15(13)20-3/h5-9,14H,4H2,1-3H3. The highest BCUT2D eigenvalue weighted by Gasteiger charge is 2.27. The molecule has 1 aromatic heterocycles. The molecule has 0 bridgehead atoms. The number of methoxy groups -OCH3 is 1. The molecule has 0 saturated carbocycles. The molecule has 0 amide bonds. The second kappa shape index (κ2) is 6.27. The zero-order valence-corrected chi connectivity index (χ0v) is 12.3. The summed E-state index contributed by atoms with van der Waals surface area (Å²) in [7, 11) is 1.52. The van der Waals surface area contributed by atoms with E-state index >= 15 is 0 Å². The van der Waals surface area contributed by atoms with Gasteiger partial charge in [-0.3, -0.25) is 4.79 Å². The molecule has 1 atom stereocenters. The largest absolute Gasteiger partial charge is 0.496 e. The van der Waals surface area contributed by atoms with Gasteiger partial charge in [0.15, 0.2) is 5.76 Å². The molecule has 0 spiro atoms. The number of hydrogen-bond acceptors (Lipinski definition) is 4. The molecule has 108 valence electrons. The van der Waals surface area contributed by atoms with Gasteiger partial charge in [0.2, 0.25) is 5.78 Å². The first-order valence-corrected chi connectivity index (χ1v) is 6.77. The van der Waals surface area contributed by atoms with Crippen molar-refractivity contribution in [3.05, 3.63) is 53.0 Å². The first-order chi connectivity index (χ1) is 10.1. The van der Waals surface area contributed by atoms with Gasteiger partial charge >= 0.3 is 0 Å². The Morgan fingerprint density at radius 3 is 2.71 bits per heavy atom. The summed E-state index contributed by atoms with van der Waals surface area (Å²) < 4.78 is 10.7. The number of furan rings is 1. The van der Waals surface area contributed by atoms with Gasteiger partial charge in [0.25, 0.3) is 0 Å². The number of Topliss-reactive ketones (excluding diaryl/α,β-unsaturated/α-hetero) is 1. The van der Waals surface area contributed by atoms with Gasteiger partial charge in [0, 0.05) is 12.0 Å². The number of rotatable bonds is 5. The van der Waals surface area contributed by atoms with Crippen LogP contribution in [0.5, 0.6) is 5.75 Å². The third-order valence-electron chi connectivity index (χ3n) is 3.34. The van der Waals surface area contributed by atoms with Crippen LogP contribution >= 0.6 is 0 Å². The third kappa shape index (κ3) is 2.97. The van der Waals surface area contributed by atoms with Crippen molar-refractivity contribution in [3.63, 3.8) is 0 Å². The zero-order valence-electron chi connectivity index (χ0n) is 12.3. The molecule has 0 aliphatic rings. The van der Waals surface area contributed by atoms with Gasteiger partial charge in [-0.25, -0.2) is 0 Å². The van der Waals surface area contributed by atoms with Crippen LogP contribution in [0.2, 0.25) is 0 Å². The van der Waals surface area contributed by atoms with Crippen molar-refractivity contribution in [1.29, 1.82) is 5.26 Å². The first-order valence-electron chi connectivity index (χ1n) is 6.77. The van der Waals surface area contributed by atoms with Crippen molar-refractivity contribution < 1.29 is 13.9 Å². The van der Waals surface area contributed by atoms with Gasteiger partial charge < -0.3 is 9.15 Å². The van der Waals surface area contributed by atoms with E-state index in [4.69, 9.17) is 9.15 Å². The minimum absolute atomic E-state index is 0.210. The van der Waals surface area contributed by atoms with Crippen molar-refractivity contribution in [1.82, 2.24) is 0 Å². The predicted molar refractivity (Wildman–Crippen MR) is 78.5 cm³/mol. The van der Waals surface area contributed by atoms with Gasteiger partial charge in [-0.1, -0.05) is 24.6 Å². The van der Waals surface area contributed by atoms with Crippen molar-refractivity contribution in [2.24, 2.45) is 0 Å². The molecule has 0 aliphatic carbocycles. The van der Waals surface area contributed by atoms with Crippen LogP contribution in [0.25, 0.3) is 0 Å². The number of ether oxygens (including phenoxy) is 1. The number of ketones is 1. The zero-order chi connectivity index (χ0) is 15.4. The molecular formula is C17H17NO3. The second-order valence-corrected chi connectivity index (χ2v) is 4.79.